The second-order valence-corrected chi connectivity index (χ2v) is 14.3. The fraction of sp³-hybridized carbons (Fsp3) is 0.0189. The molecule has 0 saturated heterocycles. The molecular weight excluding hydrogens is 709 g/mol. The topological polar surface area (TPSA) is 71.7 Å². The Bertz CT molecular complexity index is 2940. The van der Waals surface area contributed by atoms with Crippen LogP contribution in [0.15, 0.2) is 206 Å². The Morgan fingerprint density at radius 3 is 1.59 bits per heavy atom. The van der Waals surface area contributed by atoms with Crippen molar-refractivity contribution in [3.05, 3.63) is 234 Å². The van der Waals surface area contributed by atoms with E-state index in [1.807, 2.05) is 78.9 Å². The maximum atomic E-state index is 9.38. The van der Waals surface area contributed by atoms with Crippen LogP contribution in [0, 0.1) is 11.3 Å². The molecular formula is C53H34N4O. The van der Waals surface area contributed by atoms with E-state index in [1.165, 1.54) is 0 Å². The summed E-state index contributed by atoms with van der Waals surface area (Å²) in [5, 5.41) is 9.38. The monoisotopic (exact) mass is 742 g/mol. The van der Waals surface area contributed by atoms with Gasteiger partial charge in [0.1, 0.15) is 11.5 Å². The molecule has 0 radical (unpaired) electrons. The number of nitrogens with zero attached hydrogens (tertiary/aromatic N) is 4. The minimum absolute atomic E-state index is 0.530. The third-order valence-corrected chi connectivity index (χ3v) is 10.9. The molecule has 0 unspecified atom stereocenters. The number of nitriles is 1. The summed E-state index contributed by atoms with van der Waals surface area (Å²) in [6.07, 6.45) is 0. The molecule has 272 valence electrons. The molecule has 8 aromatic carbocycles. The fourth-order valence-electron chi connectivity index (χ4n) is 8.23. The van der Waals surface area contributed by atoms with Crippen LogP contribution in [0.4, 0.5) is 0 Å². The van der Waals surface area contributed by atoms with Gasteiger partial charge < -0.3 is 4.74 Å². The standard InChI is InChI=1S/C53H34N4O/c54-35-36-27-29-37(30-28-36)39-17-14-18-40(33-39)50-55-51(57-52(56-50)45-24-11-10-23-44(45)38-15-4-1-5-16-38)41-31-32-47-49(34-41)58-48-26-13-12-25-46(48)53(47,42-19-6-2-7-20-42)43-21-8-3-9-22-43/h1-34H. The first-order valence-electron chi connectivity index (χ1n) is 19.2. The summed E-state index contributed by atoms with van der Waals surface area (Å²) in [7, 11) is 0. The van der Waals surface area contributed by atoms with E-state index < -0.39 is 5.41 Å². The highest BCUT2D eigenvalue weighted by atomic mass is 16.5. The Morgan fingerprint density at radius 2 is 0.897 bits per heavy atom. The smallest absolute Gasteiger partial charge is 0.164 e. The van der Waals surface area contributed by atoms with Crippen LogP contribution in [0.5, 0.6) is 11.5 Å². The van der Waals surface area contributed by atoms with Crippen LogP contribution in [0.3, 0.4) is 0 Å². The Morgan fingerprint density at radius 1 is 0.379 bits per heavy atom. The van der Waals surface area contributed by atoms with E-state index in [2.05, 4.69) is 133 Å². The third-order valence-electron chi connectivity index (χ3n) is 10.9. The molecule has 5 heteroatoms. The molecule has 0 amide bonds. The zero-order chi connectivity index (χ0) is 38.9. The van der Waals surface area contributed by atoms with Gasteiger partial charge in [-0.3, -0.25) is 0 Å². The van der Waals surface area contributed by atoms with Gasteiger partial charge in [-0.1, -0.05) is 176 Å². The summed E-state index contributed by atoms with van der Waals surface area (Å²) in [5.74, 6) is 3.18. The summed E-state index contributed by atoms with van der Waals surface area (Å²) in [5.41, 5.74) is 11.0. The summed E-state index contributed by atoms with van der Waals surface area (Å²) in [4.78, 5) is 15.6. The predicted octanol–water partition coefficient (Wildman–Crippen LogP) is 12.6. The van der Waals surface area contributed by atoms with Gasteiger partial charge in [0.2, 0.25) is 0 Å². The molecule has 5 nitrogen and oxygen atoms in total. The summed E-state index contributed by atoms with van der Waals surface area (Å²) in [6.45, 7) is 0. The highest BCUT2D eigenvalue weighted by Crippen LogP contribution is 2.55. The van der Waals surface area contributed by atoms with Crippen LogP contribution in [-0.2, 0) is 5.41 Å². The molecule has 1 aromatic heterocycles. The number of hydrogen-bond donors (Lipinski definition) is 0. The van der Waals surface area contributed by atoms with E-state index in [1.54, 1.807) is 0 Å². The van der Waals surface area contributed by atoms with E-state index in [4.69, 9.17) is 19.7 Å². The molecule has 0 N–H and O–H groups in total. The van der Waals surface area contributed by atoms with E-state index in [0.717, 1.165) is 72.7 Å². The van der Waals surface area contributed by atoms with Gasteiger partial charge in [0, 0.05) is 27.8 Å². The van der Waals surface area contributed by atoms with Gasteiger partial charge in [-0.2, -0.15) is 5.26 Å². The molecule has 10 rings (SSSR count). The van der Waals surface area contributed by atoms with Gasteiger partial charge in [-0.15, -0.1) is 0 Å². The van der Waals surface area contributed by atoms with Gasteiger partial charge in [0.25, 0.3) is 0 Å². The van der Waals surface area contributed by atoms with Crippen molar-refractivity contribution in [2.24, 2.45) is 0 Å². The van der Waals surface area contributed by atoms with Crippen LogP contribution in [0.25, 0.3) is 56.4 Å². The molecule has 1 aliphatic heterocycles. The van der Waals surface area contributed by atoms with E-state index >= 15 is 0 Å². The van der Waals surface area contributed by atoms with Crippen LogP contribution in [0.2, 0.25) is 0 Å². The van der Waals surface area contributed by atoms with Gasteiger partial charge in [-0.25, -0.2) is 15.0 Å². The molecule has 0 bridgehead atoms. The van der Waals surface area contributed by atoms with Gasteiger partial charge in [-0.05, 0) is 63.7 Å². The number of fused-ring (bicyclic) bond motifs is 2. The normalized spacial score (nSPS) is 12.4. The van der Waals surface area contributed by atoms with Gasteiger partial charge in [0.05, 0.1) is 17.0 Å². The van der Waals surface area contributed by atoms with Crippen LogP contribution in [-0.4, -0.2) is 15.0 Å². The average molecular weight is 743 g/mol. The first-order chi connectivity index (χ1) is 28.7. The molecule has 2 heterocycles. The highest BCUT2D eigenvalue weighted by molar-refractivity contribution is 5.82. The summed E-state index contributed by atoms with van der Waals surface area (Å²) in [6, 6.07) is 72.6. The van der Waals surface area contributed by atoms with E-state index in [9.17, 15) is 5.26 Å². The lowest BCUT2D eigenvalue weighted by Crippen LogP contribution is -2.34. The van der Waals surface area contributed by atoms with E-state index in [-0.39, 0.29) is 0 Å². The Labute approximate surface area is 337 Å². The molecule has 58 heavy (non-hydrogen) atoms. The molecule has 1 aliphatic rings. The number of ether oxygens (including phenoxy) is 1. The van der Waals surface area contributed by atoms with Crippen molar-refractivity contribution >= 4 is 0 Å². The Kier molecular flexibility index (Phi) is 8.70. The minimum atomic E-state index is -0.638. The SMILES string of the molecule is N#Cc1ccc(-c2cccc(-c3nc(-c4ccc5c(c4)Oc4ccccc4C5(c4ccccc4)c4ccccc4)nc(-c4ccccc4-c4ccccc4)n3)c2)cc1. The van der Waals surface area contributed by atoms with Crippen molar-refractivity contribution < 1.29 is 4.74 Å². The largest absolute Gasteiger partial charge is 0.457 e. The fourth-order valence-corrected chi connectivity index (χ4v) is 8.23. The van der Waals surface area contributed by atoms with Gasteiger partial charge >= 0.3 is 0 Å². The lowest BCUT2D eigenvalue weighted by Gasteiger charge is -2.41. The lowest BCUT2D eigenvalue weighted by molar-refractivity contribution is 0.434. The van der Waals surface area contributed by atoms with Crippen molar-refractivity contribution in [3.8, 4) is 74.0 Å². The Balaban J connectivity index is 1.18. The number of benzene rings is 8. The highest BCUT2D eigenvalue weighted by Gasteiger charge is 2.45. The molecule has 0 spiro atoms. The van der Waals surface area contributed by atoms with Crippen molar-refractivity contribution in [1.29, 1.82) is 5.26 Å². The van der Waals surface area contributed by atoms with Crippen LogP contribution >= 0.6 is 0 Å². The zero-order valence-electron chi connectivity index (χ0n) is 31.3. The zero-order valence-corrected chi connectivity index (χ0v) is 31.3. The van der Waals surface area contributed by atoms with Crippen molar-refractivity contribution in [1.82, 2.24) is 15.0 Å². The minimum Gasteiger partial charge on any atom is -0.457 e. The number of aromatic nitrogens is 3. The Hall–Kier alpha value is -7.94. The molecule has 9 aromatic rings. The first kappa shape index (κ1) is 34.5. The first-order valence-corrected chi connectivity index (χ1v) is 19.2. The van der Waals surface area contributed by atoms with Crippen molar-refractivity contribution in [2.75, 3.05) is 0 Å². The summed E-state index contributed by atoms with van der Waals surface area (Å²) < 4.78 is 6.83. The average Bonchev–Trinajstić information content (AvgIpc) is 3.31. The maximum absolute atomic E-state index is 9.38. The third kappa shape index (κ3) is 6.01. The molecule has 0 fully saturated rings. The number of rotatable bonds is 7. The quantitative estimate of drug-likeness (QED) is 0.163. The van der Waals surface area contributed by atoms with Gasteiger partial charge in [0.15, 0.2) is 17.5 Å². The maximum Gasteiger partial charge on any atom is 0.164 e. The summed E-state index contributed by atoms with van der Waals surface area (Å²) >= 11 is 0. The number of para-hydroxylation sites is 1. The predicted molar refractivity (Wildman–Crippen MR) is 230 cm³/mol. The number of hydrogen-bond acceptors (Lipinski definition) is 5. The molecule has 0 aliphatic carbocycles. The van der Waals surface area contributed by atoms with Crippen LogP contribution < -0.4 is 4.74 Å². The lowest BCUT2D eigenvalue weighted by atomic mass is 9.63. The van der Waals surface area contributed by atoms with Crippen molar-refractivity contribution in [2.45, 2.75) is 5.41 Å². The molecule has 0 saturated carbocycles. The van der Waals surface area contributed by atoms with Crippen LogP contribution in [0.1, 0.15) is 27.8 Å². The van der Waals surface area contributed by atoms with Crippen molar-refractivity contribution in [3.63, 3.8) is 0 Å². The molecule has 0 atom stereocenters. The second-order valence-electron chi connectivity index (χ2n) is 14.3. The second kappa shape index (κ2) is 14.6. The van der Waals surface area contributed by atoms with E-state index in [0.29, 0.717) is 23.0 Å².